The third kappa shape index (κ3) is 7.72. The maximum absolute atomic E-state index is 10.1. The molecular formula is C15H24N2O3S. The Labute approximate surface area is 127 Å². The minimum atomic E-state index is -1.67. The molecule has 0 bridgehead atoms. The fourth-order valence-electron chi connectivity index (χ4n) is 1.69. The van der Waals surface area contributed by atoms with Crippen LogP contribution in [0.4, 0.5) is 0 Å². The van der Waals surface area contributed by atoms with Crippen LogP contribution in [0.25, 0.3) is 0 Å². The number of aryl methyl sites for hydroxylation is 1. The second-order valence-corrected chi connectivity index (χ2v) is 8.09. The first-order valence-electron chi connectivity index (χ1n) is 6.64. The predicted molar refractivity (Wildman–Crippen MR) is 89.9 cm³/mol. The molecule has 6 heteroatoms. The molecule has 1 heterocycles. The van der Waals surface area contributed by atoms with Gasteiger partial charge in [-0.15, -0.1) is 0 Å². The molecule has 1 aromatic rings. The van der Waals surface area contributed by atoms with Crippen molar-refractivity contribution < 1.29 is 14.0 Å². The lowest BCUT2D eigenvalue weighted by atomic mass is 10.1. The summed E-state index contributed by atoms with van der Waals surface area (Å²) in [6.45, 7) is 3.81. The van der Waals surface area contributed by atoms with E-state index in [0.717, 1.165) is 36.7 Å². The van der Waals surface area contributed by atoms with Gasteiger partial charge in [0.25, 0.3) is 0 Å². The molecule has 0 unspecified atom stereocenters. The SMILES string of the molecule is C=S(C)(C)=O.COOc1cc(CC2=NCCN2)ccc1C. The number of nitrogens with one attached hydrogen (secondary N) is 1. The molecule has 1 N–H and O–H groups in total. The van der Waals surface area contributed by atoms with Gasteiger partial charge in [0.2, 0.25) is 0 Å². The Balaban J connectivity index is 0.000000383. The van der Waals surface area contributed by atoms with Gasteiger partial charge >= 0.3 is 0 Å². The molecule has 118 valence electrons. The van der Waals surface area contributed by atoms with Gasteiger partial charge in [0, 0.05) is 25.5 Å². The number of hydrogen-bond donors (Lipinski definition) is 1. The maximum Gasteiger partial charge on any atom is 0.168 e. The second kappa shape index (κ2) is 8.05. The second-order valence-electron chi connectivity index (χ2n) is 5.22. The number of amidine groups is 1. The first-order chi connectivity index (χ1) is 9.79. The minimum Gasteiger partial charge on any atom is -0.372 e. The van der Waals surface area contributed by atoms with Gasteiger partial charge in [0.05, 0.1) is 13.7 Å². The van der Waals surface area contributed by atoms with Crippen molar-refractivity contribution >= 4 is 21.2 Å². The summed E-state index contributed by atoms with van der Waals surface area (Å²) in [5, 5.41) is 3.25. The highest BCUT2D eigenvalue weighted by Gasteiger charge is 2.08. The number of aliphatic imine (C=N–C) groups is 1. The van der Waals surface area contributed by atoms with Crippen LogP contribution in [0.1, 0.15) is 11.1 Å². The Hall–Kier alpha value is -1.53. The summed E-state index contributed by atoms with van der Waals surface area (Å²) < 4.78 is 10.1. The van der Waals surface area contributed by atoms with Gasteiger partial charge in [0.1, 0.15) is 5.84 Å². The molecule has 0 aromatic heterocycles. The van der Waals surface area contributed by atoms with E-state index in [9.17, 15) is 4.21 Å². The van der Waals surface area contributed by atoms with E-state index in [1.54, 1.807) is 12.5 Å². The molecule has 1 aliphatic heterocycles. The van der Waals surface area contributed by atoms with Gasteiger partial charge < -0.3 is 10.2 Å². The molecule has 0 fully saturated rings. The molecule has 2 rings (SSSR count). The lowest BCUT2D eigenvalue weighted by Gasteiger charge is -2.08. The zero-order valence-corrected chi connectivity index (χ0v) is 14.0. The highest BCUT2D eigenvalue weighted by atomic mass is 32.2. The summed E-state index contributed by atoms with van der Waals surface area (Å²) in [5.41, 5.74) is 2.23. The Kier molecular flexibility index (Phi) is 6.71. The van der Waals surface area contributed by atoms with Gasteiger partial charge in [-0.05, 0) is 39.5 Å². The number of benzene rings is 1. The van der Waals surface area contributed by atoms with Crippen molar-refractivity contribution in [3.63, 3.8) is 0 Å². The van der Waals surface area contributed by atoms with E-state index in [0.29, 0.717) is 0 Å². The molecule has 5 nitrogen and oxygen atoms in total. The smallest absolute Gasteiger partial charge is 0.168 e. The Morgan fingerprint density at radius 3 is 2.62 bits per heavy atom. The molecule has 0 saturated heterocycles. The van der Waals surface area contributed by atoms with Crippen LogP contribution in [0.3, 0.4) is 0 Å². The van der Waals surface area contributed by atoms with Gasteiger partial charge in [-0.1, -0.05) is 12.1 Å². The summed E-state index contributed by atoms with van der Waals surface area (Å²) in [6.07, 6.45) is 4.03. The van der Waals surface area contributed by atoms with Crippen molar-refractivity contribution in [2.24, 2.45) is 4.99 Å². The Bertz CT molecular complexity index is 587. The summed E-state index contributed by atoms with van der Waals surface area (Å²) in [6, 6.07) is 6.10. The molecule has 0 saturated carbocycles. The van der Waals surface area contributed by atoms with Gasteiger partial charge in [-0.3, -0.25) is 9.20 Å². The molecule has 0 atom stereocenters. The molecule has 0 radical (unpaired) electrons. The number of nitrogens with zero attached hydrogens (tertiary/aromatic N) is 1. The lowest BCUT2D eigenvalue weighted by molar-refractivity contribution is -0.178. The van der Waals surface area contributed by atoms with E-state index >= 15 is 0 Å². The third-order valence-corrected chi connectivity index (χ3v) is 2.54. The molecule has 1 aliphatic rings. The van der Waals surface area contributed by atoms with Crippen LogP contribution in [0.15, 0.2) is 23.2 Å². The molecule has 0 spiro atoms. The predicted octanol–water partition coefficient (Wildman–Crippen LogP) is 1.44. The molecule has 0 aliphatic carbocycles. The summed E-state index contributed by atoms with van der Waals surface area (Å²) >= 11 is 0. The van der Waals surface area contributed by atoms with Crippen LogP contribution < -0.4 is 10.2 Å². The monoisotopic (exact) mass is 312 g/mol. The van der Waals surface area contributed by atoms with E-state index in [1.165, 1.54) is 12.7 Å². The van der Waals surface area contributed by atoms with Crippen molar-refractivity contribution in [2.75, 3.05) is 32.7 Å². The first kappa shape index (κ1) is 17.5. The van der Waals surface area contributed by atoms with Crippen LogP contribution in [-0.4, -0.2) is 48.6 Å². The van der Waals surface area contributed by atoms with Crippen molar-refractivity contribution in [1.29, 1.82) is 0 Å². The van der Waals surface area contributed by atoms with Crippen LogP contribution in [-0.2, 0) is 20.8 Å². The Morgan fingerprint density at radius 2 is 2.10 bits per heavy atom. The average molecular weight is 312 g/mol. The fourth-order valence-corrected chi connectivity index (χ4v) is 1.69. The third-order valence-electron chi connectivity index (χ3n) is 2.54. The van der Waals surface area contributed by atoms with Gasteiger partial charge in [-0.25, -0.2) is 0 Å². The first-order valence-corrected chi connectivity index (χ1v) is 9.18. The lowest BCUT2D eigenvalue weighted by Crippen LogP contribution is -2.20. The topological polar surface area (TPSA) is 59.9 Å². The zero-order valence-electron chi connectivity index (χ0n) is 13.1. The summed E-state index contributed by atoms with van der Waals surface area (Å²) in [5.74, 6) is 5.11. The van der Waals surface area contributed by atoms with E-state index in [-0.39, 0.29) is 0 Å². The fraction of sp³-hybridized carbons (Fsp3) is 0.467. The Morgan fingerprint density at radius 1 is 1.43 bits per heavy atom. The highest BCUT2D eigenvalue weighted by molar-refractivity contribution is 7.98. The van der Waals surface area contributed by atoms with Gasteiger partial charge in [-0.2, -0.15) is 4.89 Å². The largest absolute Gasteiger partial charge is 0.372 e. The number of hydrogen-bond acceptors (Lipinski definition) is 5. The number of rotatable bonds is 4. The molecule has 21 heavy (non-hydrogen) atoms. The van der Waals surface area contributed by atoms with Crippen molar-refractivity contribution in [2.45, 2.75) is 13.3 Å². The van der Waals surface area contributed by atoms with Crippen LogP contribution >= 0.6 is 0 Å². The highest BCUT2D eigenvalue weighted by Crippen LogP contribution is 2.20. The van der Waals surface area contributed by atoms with Crippen LogP contribution in [0.5, 0.6) is 5.75 Å². The van der Waals surface area contributed by atoms with Crippen LogP contribution in [0.2, 0.25) is 0 Å². The molecule has 1 aromatic carbocycles. The zero-order chi connectivity index (χ0) is 15.9. The van der Waals surface area contributed by atoms with Crippen molar-refractivity contribution in [3.8, 4) is 5.75 Å². The molecule has 0 amide bonds. The van der Waals surface area contributed by atoms with Crippen molar-refractivity contribution in [1.82, 2.24) is 5.32 Å². The van der Waals surface area contributed by atoms with Gasteiger partial charge in [0.15, 0.2) is 5.75 Å². The summed E-state index contributed by atoms with van der Waals surface area (Å²) in [4.78, 5) is 14.1. The normalized spacial score (nSPS) is 13.8. The van der Waals surface area contributed by atoms with E-state index in [4.69, 9.17) is 4.89 Å². The minimum absolute atomic E-state index is 0.763. The standard InChI is InChI=1S/C12H16N2O2.C3H8OS/c1-9-3-4-10(7-11(9)16-15-2)8-12-13-5-6-14-12;1-5(2,3)4/h3-4,7H,5-6,8H2,1-2H3,(H,13,14);1H2,2-3H3. The van der Waals surface area contributed by atoms with E-state index in [2.05, 4.69) is 27.1 Å². The summed E-state index contributed by atoms with van der Waals surface area (Å²) in [7, 11) is -0.158. The van der Waals surface area contributed by atoms with Crippen LogP contribution in [0, 0.1) is 6.92 Å². The average Bonchev–Trinajstić information content (AvgIpc) is 2.84. The quantitative estimate of drug-likeness (QED) is 0.519. The maximum atomic E-state index is 10.1. The van der Waals surface area contributed by atoms with Crippen molar-refractivity contribution in [3.05, 3.63) is 29.3 Å². The van der Waals surface area contributed by atoms with E-state index in [1.807, 2.05) is 19.1 Å². The molecular weight excluding hydrogens is 288 g/mol. The van der Waals surface area contributed by atoms with E-state index < -0.39 is 9.52 Å².